The average molecular weight is 804 g/mol. The van der Waals surface area contributed by atoms with E-state index in [-0.39, 0.29) is 0 Å². The van der Waals surface area contributed by atoms with Crippen LogP contribution in [0.4, 0.5) is 17.1 Å². The predicted octanol–water partition coefficient (Wildman–Crippen LogP) is 16.4. The van der Waals surface area contributed by atoms with Gasteiger partial charge in [-0.25, -0.2) is 0 Å². The van der Waals surface area contributed by atoms with Crippen molar-refractivity contribution in [3.8, 4) is 44.5 Å². The van der Waals surface area contributed by atoms with Crippen LogP contribution < -0.4 is 4.90 Å². The van der Waals surface area contributed by atoms with Gasteiger partial charge in [-0.05, 0) is 127 Å². The van der Waals surface area contributed by atoms with Crippen molar-refractivity contribution in [1.82, 2.24) is 0 Å². The number of benzene rings is 10. The third kappa shape index (κ3) is 6.10. The second-order valence-electron chi connectivity index (χ2n) is 16.4. The van der Waals surface area contributed by atoms with Crippen molar-refractivity contribution in [3.63, 3.8) is 0 Å². The highest BCUT2D eigenvalue weighted by atomic mass is 16.3. The molecule has 296 valence electrons. The number of nitrogens with zero attached hydrogens (tertiary/aromatic N) is 1. The molecule has 2 nitrogen and oxygen atoms in total. The Morgan fingerprint density at radius 2 is 0.730 bits per heavy atom. The molecule has 0 radical (unpaired) electrons. The molecule has 12 rings (SSSR count). The fourth-order valence-electron chi connectivity index (χ4n) is 10.1. The summed E-state index contributed by atoms with van der Waals surface area (Å²) in [4.78, 5) is 2.32. The van der Waals surface area contributed by atoms with E-state index in [0.717, 1.165) is 50.1 Å². The molecule has 0 saturated heterocycles. The summed E-state index contributed by atoms with van der Waals surface area (Å²) >= 11 is 0. The molecule has 1 aromatic heterocycles. The number of hydrogen-bond donors (Lipinski definition) is 0. The van der Waals surface area contributed by atoms with Crippen LogP contribution in [0.1, 0.15) is 22.3 Å². The average Bonchev–Trinajstić information content (AvgIpc) is 3.88. The Morgan fingerprint density at radius 1 is 0.286 bits per heavy atom. The first kappa shape index (κ1) is 36.6. The second kappa shape index (κ2) is 15.1. The summed E-state index contributed by atoms with van der Waals surface area (Å²) < 4.78 is 6.92. The largest absolute Gasteiger partial charge is 0.456 e. The van der Waals surface area contributed by atoms with Gasteiger partial charge in [0.15, 0.2) is 0 Å². The Bertz CT molecular complexity index is 3400. The molecule has 10 aromatic carbocycles. The van der Waals surface area contributed by atoms with Gasteiger partial charge in [0, 0.05) is 27.8 Å². The monoisotopic (exact) mass is 803 g/mol. The predicted molar refractivity (Wildman–Crippen MR) is 262 cm³/mol. The first-order valence-corrected chi connectivity index (χ1v) is 21.7. The minimum Gasteiger partial charge on any atom is -0.456 e. The van der Waals surface area contributed by atoms with E-state index in [9.17, 15) is 0 Å². The van der Waals surface area contributed by atoms with E-state index in [4.69, 9.17) is 4.42 Å². The van der Waals surface area contributed by atoms with Gasteiger partial charge < -0.3 is 9.32 Å². The highest BCUT2D eigenvalue weighted by molar-refractivity contribution is 6.06. The van der Waals surface area contributed by atoms with Crippen molar-refractivity contribution in [3.05, 3.63) is 271 Å². The van der Waals surface area contributed by atoms with Crippen molar-refractivity contribution in [2.45, 2.75) is 5.41 Å². The quantitative estimate of drug-likeness (QED) is 0.152. The summed E-state index contributed by atoms with van der Waals surface area (Å²) in [6.07, 6.45) is 0. The van der Waals surface area contributed by atoms with E-state index in [1.807, 2.05) is 0 Å². The van der Waals surface area contributed by atoms with Crippen molar-refractivity contribution < 1.29 is 4.42 Å². The van der Waals surface area contributed by atoms with Gasteiger partial charge in [-0.3, -0.25) is 0 Å². The molecule has 1 aliphatic rings. The normalized spacial score (nSPS) is 12.6. The van der Waals surface area contributed by atoms with Crippen LogP contribution in [-0.4, -0.2) is 0 Å². The molecule has 0 atom stereocenters. The Labute approximate surface area is 367 Å². The van der Waals surface area contributed by atoms with Crippen LogP contribution in [0.5, 0.6) is 0 Å². The number of anilines is 3. The van der Waals surface area contributed by atoms with E-state index in [0.29, 0.717) is 0 Å². The first-order valence-electron chi connectivity index (χ1n) is 21.7. The molecule has 0 fully saturated rings. The van der Waals surface area contributed by atoms with Crippen LogP contribution in [0.15, 0.2) is 253 Å². The van der Waals surface area contributed by atoms with Crippen molar-refractivity contribution in [2.75, 3.05) is 4.90 Å². The van der Waals surface area contributed by atoms with Crippen molar-refractivity contribution in [1.29, 1.82) is 0 Å². The molecular weight excluding hydrogens is 763 g/mol. The third-order valence-electron chi connectivity index (χ3n) is 12.9. The maximum absolute atomic E-state index is 6.92. The molecule has 0 aliphatic heterocycles. The number of hydrogen-bond acceptors (Lipinski definition) is 2. The summed E-state index contributed by atoms with van der Waals surface area (Å²) in [5.74, 6) is 0. The number of fused-ring (bicyclic) bond motifs is 6. The van der Waals surface area contributed by atoms with Crippen LogP contribution in [0.25, 0.3) is 66.4 Å². The van der Waals surface area contributed by atoms with Gasteiger partial charge in [-0.1, -0.05) is 188 Å². The maximum atomic E-state index is 6.92. The van der Waals surface area contributed by atoms with Crippen molar-refractivity contribution in [2.24, 2.45) is 0 Å². The lowest BCUT2D eigenvalue weighted by Gasteiger charge is -2.34. The smallest absolute Gasteiger partial charge is 0.136 e. The lowest BCUT2D eigenvalue weighted by molar-refractivity contribution is 0.666. The summed E-state index contributed by atoms with van der Waals surface area (Å²) in [6.45, 7) is 0. The molecule has 1 aliphatic carbocycles. The molecule has 0 spiro atoms. The highest BCUT2D eigenvalue weighted by Crippen LogP contribution is 2.57. The zero-order valence-electron chi connectivity index (χ0n) is 34.5. The molecule has 0 N–H and O–H groups in total. The summed E-state index contributed by atoms with van der Waals surface area (Å²) in [5.41, 5.74) is 19.0. The van der Waals surface area contributed by atoms with Gasteiger partial charge in [0.1, 0.15) is 11.2 Å². The van der Waals surface area contributed by atoms with Crippen molar-refractivity contribution >= 4 is 39.0 Å². The van der Waals surface area contributed by atoms with Crippen LogP contribution in [-0.2, 0) is 5.41 Å². The Hall–Kier alpha value is -8.20. The molecule has 2 heteroatoms. The van der Waals surface area contributed by atoms with Gasteiger partial charge in [0.25, 0.3) is 0 Å². The molecule has 63 heavy (non-hydrogen) atoms. The van der Waals surface area contributed by atoms with Gasteiger partial charge in [-0.2, -0.15) is 0 Å². The van der Waals surface area contributed by atoms with Gasteiger partial charge in [0.2, 0.25) is 0 Å². The Kier molecular flexibility index (Phi) is 8.76. The highest BCUT2D eigenvalue weighted by Gasteiger charge is 2.46. The summed E-state index contributed by atoms with van der Waals surface area (Å²) in [5, 5.41) is 2.21. The van der Waals surface area contributed by atoms with E-state index in [1.54, 1.807) is 0 Å². The number of rotatable bonds is 8. The van der Waals surface area contributed by atoms with Gasteiger partial charge in [0.05, 0.1) is 5.41 Å². The molecule has 1 heterocycles. The van der Waals surface area contributed by atoms with Crippen LogP contribution in [0, 0.1) is 0 Å². The van der Waals surface area contributed by atoms with E-state index in [1.165, 1.54) is 55.6 Å². The molecule has 11 aromatic rings. The van der Waals surface area contributed by atoms with E-state index < -0.39 is 5.41 Å². The number of furan rings is 1. The zero-order chi connectivity index (χ0) is 41.7. The van der Waals surface area contributed by atoms with E-state index in [2.05, 4.69) is 254 Å². The summed E-state index contributed by atoms with van der Waals surface area (Å²) in [7, 11) is 0. The van der Waals surface area contributed by atoms with Gasteiger partial charge >= 0.3 is 0 Å². The third-order valence-corrected chi connectivity index (χ3v) is 12.9. The lowest BCUT2D eigenvalue weighted by Crippen LogP contribution is -2.28. The standard InChI is InChI=1S/C61H41NO/c1-4-16-42(17-5-1)44-30-34-51(35-31-44)62(50-23-8-3-9-24-50)52-25-15-21-46(39-52)47-32-36-55-56-37-33-49(41-60(56)63-59(55)40-47)61(48-22-14-20-45(38-48)43-18-6-2-7-19-43)57-28-12-10-26-53(57)54-27-11-13-29-58(54)61/h1-41H. The minimum atomic E-state index is -0.552. The zero-order valence-corrected chi connectivity index (χ0v) is 34.5. The first-order chi connectivity index (χ1) is 31.2. The van der Waals surface area contributed by atoms with Gasteiger partial charge in [-0.15, -0.1) is 0 Å². The number of para-hydroxylation sites is 1. The minimum absolute atomic E-state index is 0.552. The molecule has 0 amide bonds. The lowest BCUT2D eigenvalue weighted by atomic mass is 9.67. The topological polar surface area (TPSA) is 16.4 Å². The van der Waals surface area contributed by atoms with E-state index >= 15 is 0 Å². The molecule has 0 bridgehead atoms. The second-order valence-corrected chi connectivity index (χ2v) is 16.4. The molecule has 0 unspecified atom stereocenters. The SMILES string of the molecule is c1ccc(-c2ccc(N(c3ccccc3)c3cccc(-c4ccc5c(c4)oc4cc(C6(c7cccc(-c8ccccc8)c7)c7ccccc7-c7ccccc76)ccc45)c3)cc2)cc1. The van der Waals surface area contributed by atoms with Crippen LogP contribution >= 0.6 is 0 Å². The van der Waals surface area contributed by atoms with Crippen LogP contribution in [0.2, 0.25) is 0 Å². The molecule has 0 saturated carbocycles. The molecular formula is C61H41NO. The Balaban J connectivity index is 0.965. The maximum Gasteiger partial charge on any atom is 0.136 e. The fraction of sp³-hybridized carbons (Fsp3) is 0.0164. The fourth-order valence-corrected chi connectivity index (χ4v) is 10.1. The van der Waals surface area contributed by atoms with Crippen LogP contribution in [0.3, 0.4) is 0 Å². The summed E-state index contributed by atoms with van der Waals surface area (Å²) in [6, 6.07) is 90.0. The Morgan fingerprint density at radius 3 is 1.41 bits per heavy atom.